The van der Waals surface area contributed by atoms with Gasteiger partial charge in [0.15, 0.2) is 0 Å². The lowest BCUT2D eigenvalue weighted by Crippen LogP contribution is -2.57. The number of ether oxygens (including phenoxy) is 1. The summed E-state index contributed by atoms with van der Waals surface area (Å²) in [6.45, 7) is 4.22. The number of benzene rings is 1. The third-order valence-corrected chi connectivity index (χ3v) is 7.56. The number of amides is 4. The molecular weight excluding hydrogens is 500 g/mol. The molecular formula is C29H42N4O6. The Kier molecular flexibility index (Phi) is 11.8. The van der Waals surface area contributed by atoms with Crippen molar-refractivity contribution in [1.82, 2.24) is 21.3 Å². The third kappa shape index (κ3) is 9.67. The molecule has 10 heteroatoms. The minimum atomic E-state index is -0.918. The molecule has 0 bridgehead atoms. The van der Waals surface area contributed by atoms with Crippen LogP contribution in [0.2, 0.25) is 0 Å². The van der Waals surface area contributed by atoms with Crippen molar-refractivity contribution in [2.75, 3.05) is 6.54 Å². The number of rotatable bonds is 13. The molecule has 214 valence electrons. The van der Waals surface area contributed by atoms with Crippen LogP contribution in [0.1, 0.15) is 70.8 Å². The highest BCUT2D eigenvalue weighted by Crippen LogP contribution is 2.27. The molecule has 1 aromatic rings. The van der Waals surface area contributed by atoms with Gasteiger partial charge in [-0.25, -0.2) is 4.79 Å². The van der Waals surface area contributed by atoms with E-state index in [1.807, 2.05) is 30.3 Å². The predicted octanol–water partition coefficient (Wildman–Crippen LogP) is 2.60. The quantitative estimate of drug-likeness (QED) is 0.282. The monoisotopic (exact) mass is 542 g/mol. The van der Waals surface area contributed by atoms with Gasteiger partial charge in [-0.2, -0.15) is 0 Å². The van der Waals surface area contributed by atoms with Gasteiger partial charge in [-0.1, -0.05) is 76.3 Å². The summed E-state index contributed by atoms with van der Waals surface area (Å²) in [7, 11) is 0. The fraction of sp³-hybridized carbons (Fsp3) is 0.621. The Bertz CT molecular complexity index is 979. The van der Waals surface area contributed by atoms with Gasteiger partial charge in [0.25, 0.3) is 0 Å². The summed E-state index contributed by atoms with van der Waals surface area (Å²) in [6, 6.07) is 6.60. The Morgan fingerprint density at radius 3 is 2.31 bits per heavy atom. The van der Waals surface area contributed by atoms with E-state index in [1.165, 1.54) is 0 Å². The van der Waals surface area contributed by atoms with Gasteiger partial charge in [0.05, 0.1) is 6.04 Å². The molecule has 1 aliphatic carbocycles. The summed E-state index contributed by atoms with van der Waals surface area (Å²) in [5, 5.41) is 11.0. The molecule has 0 radical (unpaired) electrons. The highest BCUT2D eigenvalue weighted by atomic mass is 16.5. The number of hydrogen-bond donors (Lipinski definition) is 4. The van der Waals surface area contributed by atoms with Crippen LogP contribution in [0.3, 0.4) is 0 Å². The molecule has 1 saturated heterocycles. The molecule has 2 aliphatic rings. The van der Waals surface area contributed by atoms with Crippen molar-refractivity contribution < 1.29 is 28.7 Å². The highest BCUT2D eigenvalue weighted by Gasteiger charge is 2.33. The Balaban J connectivity index is 1.64. The lowest BCUT2D eigenvalue weighted by molar-refractivity contribution is -0.132. The summed E-state index contributed by atoms with van der Waals surface area (Å²) in [5.41, 5.74) is 0.822. The normalized spacial score (nSPS) is 19.9. The molecule has 4 amide bonds. The Labute approximate surface area is 230 Å². The molecule has 39 heavy (non-hydrogen) atoms. The van der Waals surface area contributed by atoms with Crippen LogP contribution < -0.4 is 21.3 Å². The first-order chi connectivity index (χ1) is 18.8. The summed E-state index contributed by atoms with van der Waals surface area (Å²) >= 11 is 0. The van der Waals surface area contributed by atoms with Gasteiger partial charge in [-0.3, -0.25) is 14.4 Å². The molecule has 10 nitrogen and oxygen atoms in total. The lowest BCUT2D eigenvalue weighted by atomic mass is 9.84. The number of nitrogens with one attached hydrogen (secondary N) is 4. The average Bonchev–Trinajstić information content (AvgIpc) is 3.34. The lowest BCUT2D eigenvalue weighted by Gasteiger charge is -2.29. The Morgan fingerprint density at radius 2 is 1.69 bits per heavy atom. The fourth-order valence-electron chi connectivity index (χ4n) is 5.28. The van der Waals surface area contributed by atoms with Crippen molar-refractivity contribution in [3.63, 3.8) is 0 Å². The van der Waals surface area contributed by atoms with Crippen molar-refractivity contribution in [2.24, 2.45) is 17.8 Å². The van der Waals surface area contributed by atoms with Gasteiger partial charge in [-0.05, 0) is 36.7 Å². The van der Waals surface area contributed by atoms with Gasteiger partial charge in [0.2, 0.25) is 17.7 Å². The van der Waals surface area contributed by atoms with Crippen LogP contribution in [0, 0.1) is 17.8 Å². The number of carbonyl (C=O) groups excluding carboxylic acids is 5. The topological polar surface area (TPSA) is 143 Å². The molecule has 1 aliphatic heterocycles. The molecule has 0 spiro atoms. The zero-order chi connectivity index (χ0) is 28.2. The van der Waals surface area contributed by atoms with E-state index < -0.39 is 36.0 Å². The first kappa shape index (κ1) is 30.1. The van der Waals surface area contributed by atoms with Crippen LogP contribution in [0.25, 0.3) is 0 Å². The van der Waals surface area contributed by atoms with E-state index in [0.717, 1.165) is 37.7 Å². The van der Waals surface area contributed by atoms with Gasteiger partial charge in [0.1, 0.15) is 25.0 Å². The molecule has 1 saturated carbocycles. The van der Waals surface area contributed by atoms with Crippen LogP contribution in [0.4, 0.5) is 4.79 Å². The van der Waals surface area contributed by atoms with Crippen LogP contribution in [-0.4, -0.2) is 54.8 Å². The van der Waals surface area contributed by atoms with Gasteiger partial charge in [-0.15, -0.1) is 0 Å². The van der Waals surface area contributed by atoms with Gasteiger partial charge in [0, 0.05) is 12.5 Å². The van der Waals surface area contributed by atoms with E-state index in [0.29, 0.717) is 25.7 Å². The summed E-state index contributed by atoms with van der Waals surface area (Å²) in [6.07, 6.45) is 6.43. The third-order valence-electron chi connectivity index (χ3n) is 7.56. The van der Waals surface area contributed by atoms with Crippen molar-refractivity contribution in [2.45, 2.75) is 89.9 Å². The molecule has 1 aromatic carbocycles. The summed E-state index contributed by atoms with van der Waals surface area (Å²) < 4.78 is 5.29. The summed E-state index contributed by atoms with van der Waals surface area (Å²) in [4.78, 5) is 62.9. The highest BCUT2D eigenvalue weighted by molar-refractivity contribution is 5.92. The smallest absolute Gasteiger partial charge is 0.408 e. The minimum absolute atomic E-state index is 0.0674. The second kappa shape index (κ2) is 15.2. The fourth-order valence-corrected chi connectivity index (χ4v) is 5.28. The van der Waals surface area contributed by atoms with Crippen LogP contribution in [-0.2, 0) is 30.5 Å². The Hall–Kier alpha value is -3.43. The van der Waals surface area contributed by atoms with E-state index in [4.69, 9.17) is 4.74 Å². The standard InChI is InChI=1S/C29H42N4O6/c1-19(2)25(33-29(38)39-18-21-11-7-4-8-12-21)28(37)32-24(15-20-9-5-3-6-10-20)27(36)31-23(17-34)16-22-13-14-30-26(22)35/h4,7-8,11-12,17,19-20,22-25H,3,5-6,9-10,13-16,18H2,1-2H3,(H,30,35)(H,31,36)(H,32,37)(H,33,38)/t22-,23-,24-,25?/m0/s1. The zero-order valence-corrected chi connectivity index (χ0v) is 22.9. The number of hydrogen-bond acceptors (Lipinski definition) is 6. The maximum Gasteiger partial charge on any atom is 0.408 e. The molecule has 2 fully saturated rings. The predicted molar refractivity (Wildman–Crippen MR) is 145 cm³/mol. The molecule has 1 heterocycles. The van der Waals surface area contributed by atoms with E-state index in [1.54, 1.807) is 13.8 Å². The number of aldehydes is 1. The van der Waals surface area contributed by atoms with Crippen molar-refractivity contribution in [1.29, 1.82) is 0 Å². The Morgan fingerprint density at radius 1 is 0.974 bits per heavy atom. The maximum atomic E-state index is 13.4. The molecule has 3 rings (SSSR count). The van der Waals surface area contributed by atoms with Crippen LogP contribution >= 0.6 is 0 Å². The van der Waals surface area contributed by atoms with Crippen molar-refractivity contribution >= 4 is 30.1 Å². The van der Waals surface area contributed by atoms with Crippen LogP contribution in [0.15, 0.2) is 30.3 Å². The minimum Gasteiger partial charge on any atom is -0.445 e. The molecule has 1 unspecified atom stereocenters. The molecule has 0 aromatic heterocycles. The number of carbonyl (C=O) groups is 5. The number of alkyl carbamates (subject to hydrolysis) is 1. The van der Waals surface area contributed by atoms with E-state index in [-0.39, 0.29) is 36.7 Å². The second-order valence-corrected chi connectivity index (χ2v) is 11.0. The largest absolute Gasteiger partial charge is 0.445 e. The van der Waals surface area contributed by atoms with Crippen molar-refractivity contribution in [3.8, 4) is 0 Å². The maximum absolute atomic E-state index is 13.4. The molecule has 4 atom stereocenters. The van der Waals surface area contributed by atoms with Gasteiger partial charge >= 0.3 is 6.09 Å². The summed E-state index contributed by atoms with van der Waals surface area (Å²) in [5.74, 6) is -1.40. The van der Waals surface area contributed by atoms with Crippen LogP contribution in [0.5, 0.6) is 0 Å². The van der Waals surface area contributed by atoms with E-state index in [2.05, 4.69) is 21.3 Å². The van der Waals surface area contributed by atoms with E-state index in [9.17, 15) is 24.0 Å². The first-order valence-corrected chi connectivity index (χ1v) is 14.1. The zero-order valence-electron chi connectivity index (χ0n) is 22.9. The van der Waals surface area contributed by atoms with Gasteiger partial charge < -0.3 is 30.8 Å². The first-order valence-electron chi connectivity index (χ1n) is 14.1. The second-order valence-electron chi connectivity index (χ2n) is 11.0. The van der Waals surface area contributed by atoms with E-state index >= 15 is 0 Å². The van der Waals surface area contributed by atoms with Crippen molar-refractivity contribution in [3.05, 3.63) is 35.9 Å². The SMILES string of the molecule is CC(C)C(NC(=O)OCc1ccccc1)C(=O)N[C@@H](CC1CCCCC1)C(=O)N[C@H](C=O)C[C@@H]1CCNC1=O. The average molecular weight is 543 g/mol. The molecule has 4 N–H and O–H groups in total.